The molecule has 1 aromatic carbocycles. The van der Waals surface area contributed by atoms with Crippen LogP contribution in [0.1, 0.15) is 59.1 Å². The van der Waals surface area contributed by atoms with Crippen molar-refractivity contribution in [3.8, 4) is 0 Å². The number of amides is 3. The predicted octanol–water partition coefficient (Wildman–Crippen LogP) is 3.35. The highest BCUT2D eigenvalue weighted by atomic mass is 79.9. The van der Waals surface area contributed by atoms with Crippen LogP contribution >= 0.6 is 15.9 Å². The highest BCUT2D eigenvalue weighted by Gasteiger charge is 2.75. The van der Waals surface area contributed by atoms with Crippen LogP contribution in [0.3, 0.4) is 0 Å². The molecule has 10 nitrogen and oxygen atoms in total. The maximum absolute atomic E-state index is 14.6. The van der Waals surface area contributed by atoms with E-state index in [2.05, 4.69) is 15.9 Å². The number of carbonyl (C=O) groups is 4. The zero-order chi connectivity index (χ0) is 32.1. The Morgan fingerprint density at radius 3 is 2.39 bits per heavy atom. The Bertz CT molecular complexity index is 1370. The van der Waals surface area contributed by atoms with E-state index in [1.165, 1.54) is 4.90 Å². The number of likely N-dealkylation sites (N-methyl/N-ethyl adjacent to an activating group) is 1. The molecule has 44 heavy (non-hydrogen) atoms. The first-order chi connectivity index (χ1) is 20.7. The molecule has 1 spiro atoms. The number of hydrogen-bond acceptors (Lipinski definition) is 7. The second kappa shape index (κ2) is 12.1. The van der Waals surface area contributed by atoms with Crippen molar-refractivity contribution in [1.82, 2.24) is 14.7 Å². The second-order valence-electron chi connectivity index (χ2n) is 13.2. The Hall–Kier alpha value is -3.02. The van der Waals surface area contributed by atoms with Gasteiger partial charge < -0.3 is 29.3 Å². The molecule has 11 heteroatoms. The molecule has 5 rings (SSSR count). The van der Waals surface area contributed by atoms with Gasteiger partial charge in [-0.2, -0.15) is 0 Å². The van der Waals surface area contributed by atoms with Gasteiger partial charge in [-0.1, -0.05) is 58.4 Å². The lowest BCUT2D eigenvalue weighted by atomic mass is 9.74. The van der Waals surface area contributed by atoms with Crippen LogP contribution in [-0.2, 0) is 28.7 Å². The number of aliphatic hydroxyl groups excluding tert-OH is 1. The minimum atomic E-state index is -1.44. The van der Waals surface area contributed by atoms with Crippen molar-refractivity contribution in [3.05, 3.63) is 58.6 Å². The molecule has 2 fully saturated rings. The van der Waals surface area contributed by atoms with Crippen molar-refractivity contribution < 1.29 is 33.8 Å². The van der Waals surface area contributed by atoms with Crippen LogP contribution in [0.4, 0.5) is 0 Å². The van der Waals surface area contributed by atoms with Crippen molar-refractivity contribution in [2.75, 3.05) is 20.2 Å². The summed E-state index contributed by atoms with van der Waals surface area (Å²) in [7, 11) is 1.70. The van der Waals surface area contributed by atoms with E-state index in [0.717, 1.165) is 0 Å². The molecule has 5 bridgehead atoms. The van der Waals surface area contributed by atoms with Gasteiger partial charge in [0.25, 0.3) is 0 Å². The van der Waals surface area contributed by atoms with E-state index < -0.39 is 65.2 Å². The Morgan fingerprint density at radius 1 is 1.07 bits per heavy atom. The van der Waals surface area contributed by atoms with Crippen molar-refractivity contribution in [3.63, 3.8) is 0 Å². The molecular formula is C33H42BrN3O7. The fraction of sp³-hybridized carbons (Fsp3) is 0.576. The molecule has 0 saturated carbocycles. The van der Waals surface area contributed by atoms with Crippen LogP contribution in [0.2, 0.25) is 0 Å². The Morgan fingerprint density at radius 2 is 1.75 bits per heavy atom. The fourth-order valence-corrected chi connectivity index (χ4v) is 7.75. The third kappa shape index (κ3) is 5.30. The van der Waals surface area contributed by atoms with Gasteiger partial charge in [0.15, 0.2) is 0 Å². The number of fused-ring (bicyclic) bond motifs is 2. The number of carbonyl (C=O) groups excluding carboxylic acids is 4. The van der Waals surface area contributed by atoms with Crippen LogP contribution in [0.5, 0.6) is 0 Å². The third-order valence-corrected chi connectivity index (χ3v) is 10.2. The molecule has 238 valence electrons. The van der Waals surface area contributed by atoms with Gasteiger partial charge >= 0.3 is 5.97 Å². The lowest BCUT2D eigenvalue weighted by Gasteiger charge is -2.42. The number of rotatable bonds is 3. The first-order valence-corrected chi connectivity index (χ1v) is 16.0. The Kier molecular flexibility index (Phi) is 8.87. The lowest BCUT2D eigenvalue weighted by molar-refractivity contribution is -0.164. The quantitative estimate of drug-likeness (QED) is 0.387. The summed E-state index contributed by atoms with van der Waals surface area (Å²) in [6.45, 7) is 9.13. The van der Waals surface area contributed by atoms with Gasteiger partial charge in [-0.15, -0.1) is 0 Å². The Balaban J connectivity index is 1.66. The van der Waals surface area contributed by atoms with Crippen LogP contribution < -0.4 is 0 Å². The highest BCUT2D eigenvalue weighted by molar-refractivity contribution is 9.11. The standard InChI is InChI=1S/C33H42BrN3O7/c1-19(18-38)37-28-30(41)36(32(3,4)5)16-12-8-11-15-23(39)35(6)20(2)26(21-13-9-7-10-14-21)43-31(42)24-25(29(37)40)33(28)17-22(34)27(24)44-33/h7-10,12-14,17,19-20,24-28,38H,11,15-16,18H2,1-6H3/b12-8-/t19-,20+,24-,25+,26-,27-,28-,33+/m1/s1. The number of nitrogens with zero attached hydrogens (tertiary/aromatic N) is 3. The van der Waals surface area contributed by atoms with Crippen molar-refractivity contribution in [1.29, 1.82) is 0 Å². The van der Waals surface area contributed by atoms with Gasteiger partial charge in [0.05, 0.1) is 24.6 Å². The van der Waals surface area contributed by atoms with E-state index in [4.69, 9.17) is 9.47 Å². The van der Waals surface area contributed by atoms with Crippen LogP contribution in [-0.4, -0.2) is 99.1 Å². The molecule has 3 amide bonds. The van der Waals surface area contributed by atoms with Gasteiger partial charge in [-0.25, -0.2) is 0 Å². The number of hydrogen-bond donors (Lipinski definition) is 1. The third-order valence-electron chi connectivity index (χ3n) is 9.48. The molecule has 4 aliphatic heterocycles. The summed E-state index contributed by atoms with van der Waals surface area (Å²) in [4.78, 5) is 61.1. The molecule has 8 atom stereocenters. The fourth-order valence-electron chi connectivity index (χ4n) is 7.01. The summed E-state index contributed by atoms with van der Waals surface area (Å²) < 4.78 is 13.4. The minimum Gasteiger partial charge on any atom is -0.455 e. The monoisotopic (exact) mass is 671 g/mol. The molecule has 4 heterocycles. The molecule has 2 saturated heterocycles. The molecule has 0 aromatic heterocycles. The van der Waals surface area contributed by atoms with Crippen molar-refractivity contribution >= 4 is 39.6 Å². The maximum Gasteiger partial charge on any atom is 0.313 e. The van der Waals surface area contributed by atoms with Crippen LogP contribution in [0.15, 0.2) is 53.0 Å². The molecule has 0 unspecified atom stereocenters. The van der Waals surface area contributed by atoms with Crippen molar-refractivity contribution in [2.45, 2.75) is 88.9 Å². The normalized spacial score (nSPS) is 34.6. The number of benzene rings is 1. The van der Waals surface area contributed by atoms with E-state index in [9.17, 15) is 24.3 Å². The number of esters is 1. The zero-order valence-electron chi connectivity index (χ0n) is 26.1. The van der Waals surface area contributed by atoms with Gasteiger partial charge in [-0.05, 0) is 52.7 Å². The molecule has 1 N–H and O–H groups in total. The largest absolute Gasteiger partial charge is 0.455 e. The van der Waals surface area contributed by atoms with Crippen LogP contribution in [0.25, 0.3) is 0 Å². The van der Waals surface area contributed by atoms with Crippen LogP contribution in [0, 0.1) is 11.8 Å². The van der Waals surface area contributed by atoms with E-state index in [1.807, 2.05) is 70.2 Å². The van der Waals surface area contributed by atoms with E-state index >= 15 is 0 Å². The number of allylic oxidation sites excluding steroid dienone is 1. The SMILES string of the molecule is C[C@H](CO)N1C(=O)[C@@H]2[C@H]3C(=O)O[C@@H](c4ccccc4)[C@H](C)N(C)C(=O)CC/C=C\CN(C(C)(C)C)C(=O)[C@@H]1[C@]21C=C(Br)[C@H]3O1. The topological polar surface area (TPSA) is 117 Å². The molecule has 1 aromatic rings. The van der Waals surface area contributed by atoms with Gasteiger partial charge in [0.2, 0.25) is 17.7 Å². The smallest absolute Gasteiger partial charge is 0.313 e. The van der Waals surface area contributed by atoms with E-state index in [0.29, 0.717) is 16.5 Å². The predicted molar refractivity (Wildman–Crippen MR) is 166 cm³/mol. The minimum absolute atomic E-state index is 0.108. The van der Waals surface area contributed by atoms with Gasteiger partial charge in [0.1, 0.15) is 29.8 Å². The number of aliphatic hydroxyl groups is 1. The maximum atomic E-state index is 14.6. The zero-order valence-corrected chi connectivity index (χ0v) is 27.7. The number of cyclic esters (lactones) is 1. The highest BCUT2D eigenvalue weighted by Crippen LogP contribution is 2.59. The first-order valence-electron chi connectivity index (χ1n) is 15.2. The summed E-state index contributed by atoms with van der Waals surface area (Å²) in [6, 6.07) is 6.88. The van der Waals surface area contributed by atoms with E-state index in [-0.39, 0.29) is 31.4 Å². The van der Waals surface area contributed by atoms with E-state index in [1.54, 1.807) is 29.8 Å². The molecular weight excluding hydrogens is 630 g/mol. The van der Waals surface area contributed by atoms with Gasteiger partial charge in [0, 0.05) is 30.0 Å². The Labute approximate surface area is 267 Å². The second-order valence-corrected chi connectivity index (χ2v) is 14.2. The number of halogens is 1. The molecule has 4 aliphatic rings. The van der Waals surface area contributed by atoms with Crippen molar-refractivity contribution in [2.24, 2.45) is 11.8 Å². The summed E-state index contributed by atoms with van der Waals surface area (Å²) in [6.07, 6.45) is 4.56. The summed E-state index contributed by atoms with van der Waals surface area (Å²) in [5.41, 5.74) is -1.37. The molecule has 0 aliphatic carbocycles. The van der Waals surface area contributed by atoms with Gasteiger partial charge in [-0.3, -0.25) is 19.2 Å². The average Bonchev–Trinajstić information content (AvgIpc) is 3.58. The number of likely N-dealkylation sites (tertiary alicyclic amines) is 1. The lowest BCUT2D eigenvalue weighted by Crippen LogP contribution is -2.61. The number of ether oxygens (including phenoxy) is 2. The average molecular weight is 673 g/mol. The summed E-state index contributed by atoms with van der Waals surface area (Å²) >= 11 is 3.58. The first kappa shape index (κ1) is 32.4. The molecule has 0 radical (unpaired) electrons. The summed E-state index contributed by atoms with van der Waals surface area (Å²) in [5, 5.41) is 10.2. The summed E-state index contributed by atoms with van der Waals surface area (Å²) in [5.74, 6) is -3.63.